The third-order valence-electron chi connectivity index (χ3n) is 5.45. The smallest absolute Gasteiger partial charge is 0.313 e. The van der Waals surface area contributed by atoms with E-state index < -0.39 is 16.8 Å². The number of nitrogens with zero attached hydrogens (tertiary/aromatic N) is 1. The van der Waals surface area contributed by atoms with Crippen molar-refractivity contribution in [3.63, 3.8) is 0 Å². The third kappa shape index (κ3) is 2.71. The summed E-state index contributed by atoms with van der Waals surface area (Å²) in [4.78, 5) is 26.6. The molecule has 3 rings (SSSR count). The molecule has 1 saturated heterocycles. The molecule has 0 spiro atoms. The number of hydrogen-bond acceptors (Lipinski definition) is 3. The number of likely N-dealkylation sites (tertiary alicyclic amines) is 1. The van der Waals surface area contributed by atoms with Crippen molar-refractivity contribution < 1.29 is 19.4 Å². The molecule has 0 bridgehead atoms. The lowest BCUT2D eigenvalue weighted by atomic mass is 9.88. The first kappa shape index (κ1) is 17.0. The Morgan fingerprint density at radius 3 is 2.29 bits per heavy atom. The van der Waals surface area contributed by atoms with Crippen LogP contribution in [0.2, 0.25) is 0 Å². The van der Waals surface area contributed by atoms with Crippen molar-refractivity contribution in [3.05, 3.63) is 34.9 Å². The monoisotopic (exact) mass is 331 g/mol. The van der Waals surface area contributed by atoms with Crippen molar-refractivity contribution in [2.75, 3.05) is 26.8 Å². The highest BCUT2D eigenvalue weighted by Gasteiger charge is 2.56. The van der Waals surface area contributed by atoms with Gasteiger partial charge in [-0.1, -0.05) is 29.3 Å². The van der Waals surface area contributed by atoms with Crippen LogP contribution < -0.4 is 0 Å². The molecule has 24 heavy (non-hydrogen) atoms. The Morgan fingerprint density at radius 1 is 1.17 bits per heavy atom. The number of carboxylic acid groups (broad SMARTS) is 1. The molecule has 1 aromatic rings. The highest BCUT2D eigenvalue weighted by molar-refractivity contribution is 5.92. The van der Waals surface area contributed by atoms with E-state index in [2.05, 4.69) is 18.2 Å². The van der Waals surface area contributed by atoms with Gasteiger partial charge in [-0.05, 0) is 38.7 Å². The van der Waals surface area contributed by atoms with Crippen molar-refractivity contribution in [1.29, 1.82) is 0 Å². The second kappa shape index (κ2) is 5.88. The lowest BCUT2D eigenvalue weighted by Gasteiger charge is -2.27. The number of aliphatic carboxylic acids is 1. The van der Waals surface area contributed by atoms with Crippen molar-refractivity contribution in [2.24, 2.45) is 5.41 Å². The Balaban J connectivity index is 1.83. The van der Waals surface area contributed by atoms with Crippen molar-refractivity contribution in [3.8, 4) is 0 Å². The van der Waals surface area contributed by atoms with E-state index in [1.54, 1.807) is 4.90 Å². The summed E-state index contributed by atoms with van der Waals surface area (Å²) in [5.41, 5.74) is 1.97. The number of methoxy groups -OCH3 is 1. The molecule has 130 valence electrons. The third-order valence-corrected chi connectivity index (χ3v) is 5.45. The standard InChI is InChI=1S/C19H25NO4/c1-13-8-14(2)10-15(9-13)19(4-5-19)16(21)20-7-6-18(11-20,12-24-3)17(22)23/h8-10H,4-7,11-12H2,1-3H3,(H,22,23). The fraction of sp³-hybridized carbons (Fsp3) is 0.579. The highest BCUT2D eigenvalue weighted by Crippen LogP contribution is 2.51. The van der Waals surface area contributed by atoms with E-state index in [-0.39, 0.29) is 19.1 Å². The van der Waals surface area contributed by atoms with Crippen LogP contribution in [0.5, 0.6) is 0 Å². The van der Waals surface area contributed by atoms with Crippen molar-refractivity contribution in [2.45, 2.75) is 38.5 Å². The molecular formula is C19H25NO4. The average molecular weight is 331 g/mol. The van der Waals surface area contributed by atoms with E-state index in [1.165, 1.54) is 7.11 Å². The van der Waals surface area contributed by atoms with Crippen LogP contribution in [0.4, 0.5) is 0 Å². The number of amides is 1. The lowest BCUT2D eigenvalue weighted by Crippen LogP contribution is -2.43. The molecule has 1 atom stereocenters. The van der Waals surface area contributed by atoms with E-state index in [0.29, 0.717) is 13.0 Å². The summed E-state index contributed by atoms with van der Waals surface area (Å²) < 4.78 is 5.12. The van der Waals surface area contributed by atoms with Gasteiger partial charge in [0.25, 0.3) is 0 Å². The average Bonchev–Trinajstić information content (AvgIpc) is 3.21. The number of carbonyl (C=O) groups excluding carboxylic acids is 1. The molecule has 0 aromatic heterocycles. The zero-order valence-corrected chi connectivity index (χ0v) is 14.6. The Hall–Kier alpha value is -1.88. The summed E-state index contributed by atoms with van der Waals surface area (Å²) in [5, 5.41) is 9.58. The summed E-state index contributed by atoms with van der Waals surface area (Å²) in [6.07, 6.45) is 2.13. The minimum absolute atomic E-state index is 0.0757. The molecule has 1 N–H and O–H groups in total. The maximum atomic E-state index is 13.2. The van der Waals surface area contributed by atoms with Crippen LogP contribution in [0, 0.1) is 19.3 Å². The van der Waals surface area contributed by atoms with Gasteiger partial charge in [0.1, 0.15) is 5.41 Å². The van der Waals surface area contributed by atoms with E-state index >= 15 is 0 Å². The predicted molar refractivity (Wildman–Crippen MR) is 90.0 cm³/mol. The fourth-order valence-corrected chi connectivity index (χ4v) is 3.98. The SMILES string of the molecule is COCC1(C(=O)O)CCN(C(=O)C2(c3cc(C)cc(C)c3)CC2)C1. The number of carbonyl (C=O) groups is 2. The number of ether oxygens (including phenoxy) is 1. The lowest BCUT2D eigenvalue weighted by molar-refractivity contribution is -0.151. The van der Waals surface area contributed by atoms with Gasteiger partial charge in [0.2, 0.25) is 5.91 Å². The molecule has 5 heteroatoms. The number of carboxylic acids is 1. The van der Waals surface area contributed by atoms with E-state index in [4.69, 9.17) is 4.74 Å². The normalized spacial score (nSPS) is 24.9. The number of rotatable bonds is 5. The molecule has 1 unspecified atom stereocenters. The van der Waals surface area contributed by atoms with Crippen LogP contribution >= 0.6 is 0 Å². The molecule has 2 aliphatic rings. The fourth-order valence-electron chi connectivity index (χ4n) is 3.98. The van der Waals surface area contributed by atoms with E-state index in [9.17, 15) is 14.7 Å². The topological polar surface area (TPSA) is 66.8 Å². The van der Waals surface area contributed by atoms with E-state index in [0.717, 1.165) is 29.5 Å². The van der Waals surface area contributed by atoms with Gasteiger partial charge in [-0.3, -0.25) is 9.59 Å². The molecule has 1 saturated carbocycles. The first-order valence-electron chi connectivity index (χ1n) is 8.43. The van der Waals surface area contributed by atoms with Gasteiger partial charge in [0.05, 0.1) is 12.0 Å². The number of benzene rings is 1. The van der Waals surface area contributed by atoms with Crippen LogP contribution in [-0.4, -0.2) is 48.7 Å². The molecular weight excluding hydrogens is 306 g/mol. The highest BCUT2D eigenvalue weighted by atomic mass is 16.5. The Labute approximate surface area is 142 Å². The second-order valence-corrected chi connectivity index (χ2v) is 7.45. The molecule has 5 nitrogen and oxygen atoms in total. The van der Waals surface area contributed by atoms with E-state index in [1.807, 2.05) is 13.8 Å². The minimum Gasteiger partial charge on any atom is -0.481 e. The first-order valence-corrected chi connectivity index (χ1v) is 8.43. The van der Waals surface area contributed by atoms with Crippen LogP contribution in [0.15, 0.2) is 18.2 Å². The van der Waals surface area contributed by atoms with Crippen molar-refractivity contribution >= 4 is 11.9 Å². The van der Waals surface area contributed by atoms with Gasteiger partial charge in [-0.2, -0.15) is 0 Å². The molecule has 2 fully saturated rings. The zero-order chi connectivity index (χ0) is 17.5. The van der Waals surface area contributed by atoms with Gasteiger partial charge >= 0.3 is 5.97 Å². The predicted octanol–water partition coefficient (Wildman–Crippen LogP) is 2.28. The number of aryl methyl sites for hydroxylation is 2. The van der Waals surface area contributed by atoms with Gasteiger partial charge in [0, 0.05) is 20.2 Å². The zero-order valence-electron chi connectivity index (χ0n) is 14.6. The van der Waals surface area contributed by atoms with Crippen LogP contribution in [0.3, 0.4) is 0 Å². The van der Waals surface area contributed by atoms with Gasteiger partial charge in [0.15, 0.2) is 0 Å². The maximum Gasteiger partial charge on any atom is 0.313 e. The Morgan fingerprint density at radius 2 is 1.79 bits per heavy atom. The summed E-state index contributed by atoms with van der Waals surface area (Å²) in [6.45, 7) is 4.95. The van der Waals surface area contributed by atoms with Gasteiger partial charge < -0.3 is 14.7 Å². The largest absolute Gasteiger partial charge is 0.481 e. The molecule has 1 aliphatic heterocycles. The second-order valence-electron chi connectivity index (χ2n) is 7.45. The molecule has 1 amide bonds. The maximum absolute atomic E-state index is 13.2. The molecule has 1 aromatic carbocycles. The molecule has 0 radical (unpaired) electrons. The van der Waals surface area contributed by atoms with Crippen molar-refractivity contribution in [1.82, 2.24) is 4.90 Å². The first-order chi connectivity index (χ1) is 11.3. The van der Waals surface area contributed by atoms with Gasteiger partial charge in [-0.25, -0.2) is 0 Å². The van der Waals surface area contributed by atoms with Gasteiger partial charge in [-0.15, -0.1) is 0 Å². The minimum atomic E-state index is -0.969. The number of hydrogen-bond donors (Lipinski definition) is 1. The molecule has 1 heterocycles. The summed E-state index contributed by atoms with van der Waals surface area (Å²) in [5.74, 6) is -0.803. The van der Waals surface area contributed by atoms with Crippen LogP contribution in [-0.2, 0) is 19.7 Å². The summed E-state index contributed by atoms with van der Waals surface area (Å²) in [7, 11) is 1.51. The Bertz CT molecular complexity index is 660. The van der Waals surface area contributed by atoms with Crippen LogP contribution in [0.1, 0.15) is 36.0 Å². The quantitative estimate of drug-likeness (QED) is 0.899. The van der Waals surface area contributed by atoms with Crippen LogP contribution in [0.25, 0.3) is 0 Å². The summed E-state index contributed by atoms with van der Waals surface area (Å²) >= 11 is 0. The molecule has 1 aliphatic carbocycles. The summed E-state index contributed by atoms with van der Waals surface area (Å²) in [6, 6.07) is 6.29. The Kier molecular flexibility index (Phi) is 4.16.